The van der Waals surface area contributed by atoms with Crippen molar-refractivity contribution in [3.05, 3.63) is 35.4 Å². The Labute approximate surface area is 120 Å². The number of hydrogen-bond donors (Lipinski definition) is 1. The minimum Gasteiger partial charge on any atom is -0.327 e. The number of benzene rings is 1. The number of nitrogens with two attached hydrogens (primary N) is 1. The fourth-order valence-electron chi connectivity index (χ4n) is 1.65. The molecule has 0 saturated carbocycles. The van der Waals surface area contributed by atoms with Crippen LogP contribution in [-0.2, 0) is 6.42 Å². The lowest BCUT2D eigenvalue weighted by molar-refractivity contribution is 0.571. The first-order chi connectivity index (χ1) is 9.10. The van der Waals surface area contributed by atoms with Gasteiger partial charge in [0.1, 0.15) is 11.6 Å². The van der Waals surface area contributed by atoms with Crippen molar-refractivity contribution in [3.8, 4) is 0 Å². The third-order valence-electron chi connectivity index (χ3n) is 2.77. The van der Waals surface area contributed by atoms with E-state index in [2.05, 4.69) is 9.36 Å². The van der Waals surface area contributed by atoms with Crippen LogP contribution in [0.2, 0.25) is 0 Å². The maximum absolute atomic E-state index is 14.0. The Morgan fingerprint density at radius 3 is 2.89 bits per heavy atom. The largest absolute Gasteiger partial charge is 0.327 e. The predicted molar refractivity (Wildman–Crippen MR) is 77.1 cm³/mol. The molecule has 0 aliphatic heterocycles. The van der Waals surface area contributed by atoms with Gasteiger partial charge in [0.25, 0.3) is 0 Å². The van der Waals surface area contributed by atoms with Crippen molar-refractivity contribution in [2.75, 3.05) is 0 Å². The highest BCUT2D eigenvalue weighted by atomic mass is 32.2. The van der Waals surface area contributed by atoms with E-state index in [1.54, 1.807) is 6.07 Å². The molecule has 0 amide bonds. The van der Waals surface area contributed by atoms with E-state index >= 15 is 0 Å². The molecule has 0 saturated heterocycles. The van der Waals surface area contributed by atoms with Crippen LogP contribution in [0, 0.1) is 12.7 Å². The monoisotopic (exact) mass is 297 g/mol. The van der Waals surface area contributed by atoms with E-state index < -0.39 is 0 Å². The summed E-state index contributed by atoms with van der Waals surface area (Å²) >= 11 is 2.78. The van der Waals surface area contributed by atoms with Crippen molar-refractivity contribution in [3.63, 3.8) is 0 Å². The second kappa shape index (κ2) is 6.45. The smallest absolute Gasteiger partial charge is 0.174 e. The predicted octanol–water partition coefficient (Wildman–Crippen LogP) is 3.42. The van der Waals surface area contributed by atoms with Crippen LogP contribution >= 0.6 is 23.3 Å². The van der Waals surface area contributed by atoms with Gasteiger partial charge in [0.15, 0.2) is 4.34 Å². The van der Waals surface area contributed by atoms with Gasteiger partial charge < -0.3 is 5.73 Å². The molecular formula is C13H16FN3S2. The van der Waals surface area contributed by atoms with Crippen molar-refractivity contribution in [1.82, 2.24) is 9.36 Å². The Hall–Kier alpha value is -0.980. The van der Waals surface area contributed by atoms with Gasteiger partial charge in [-0.15, -0.1) is 0 Å². The molecule has 0 aliphatic rings. The van der Waals surface area contributed by atoms with Crippen LogP contribution in [0.5, 0.6) is 0 Å². The molecule has 1 aromatic heterocycles. The molecule has 1 unspecified atom stereocenters. The Morgan fingerprint density at radius 2 is 2.26 bits per heavy atom. The number of nitrogens with zero attached hydrogens (tertiary/aromatic N) is 2. The summed E-state index contributed by atoms with van der Waals surface area (Å²) < 4.78 is 18.9. The molecule has 0 radical (unpaired) electrons. The van der Waals surface area contributed by atoms with Crippen LogP contribution < -0.4 is 5.73 Å². The highest BCUT2D eigenvalue weighted by Gasteiger charge is 2.14. The van der Waals surface area contributed by atoms with E-state index in [1.807, 2.05) is 19.9 Å². The standard InChI is InChI=1S/C13H16FN3S2/c1-3-9(15)7-10-11(14)5-4-6-12(10)18-13-16-8(2)17-19-13/h4-6,9H,3,7,15H2,1-2H3. The maximum atomic E-state index is 14.0. The Morgan fingerprint density at radius 1 is 1.47 bits per heavy atom. The van der Waals surface area contributed by atoms with Gasteiger partial charge >= 0.3 is 0 Å². The zero-order valence-corrected chi connectivity index (χ0v) is 12.5. The topological polar surface area (TPSA) is 51.8 Å². The third kappa shape index (κ3) is 3.75. The van der Waals surface area contributed by atoms with Gasteiger partial charge in [-0.05, 0) is 43.4 Å². The van der Waals surface area contributed by atoms with Crippen LogP contribution in [0.15, 0.2) is 27.4 Å². The molecule has 2 rings (SSSR count). The zero-order chi connectivity index (χ0) is 13.8. The highest BCUT2D eigenvalue weighted by molar-refractivity contribution is 8.01. The normalized spacial score (nSPS) is 12.6. The number of halogens is 1. The van der Waals surface area contributed by atoms with E-state index in [0.717, 1.165) is 21.5 Å². The molecule has 0 bridgehead atoms. The Kier molecular flexibility index (Phi) is 4.90. The lowest BCUT2D eigenvalue weighted by Crippen LogP contribution is -2.22. The summed E-state index contributed by atoms with van der Waals surface area (Å²) in [6, 6.07) is 5.08. The van der Waals surface area contributed by atoms with Crippen molar-refractivity contribution in [2.24, 2.45) is 5.73 Å². The minimum absolute atomic E-state index is 0.0209. The van der Waals surface area contributed by atoms with Gasteiger partial charge in [0.2, 0.25) is 0 Å². The molecule has 3 nitrogen and oxygen atoms in total. The quantitative estimate of drug-likeness (QED) is 0.919. The molecule has 1 atom stereocenters. The van der Waals surface area contributed by atoms with Crippen LogP contribution in [0.4, 0.5) is 4.39 Å². The average Bonchev–Trinajstić information content (AvgIpc) is 2.79. The van der Waals surface area contributed by atoms with Crippen LogP contribution in [0.1, 0.15) is 24.7 Å². The molecule has 1 aromatic carbocycles. The second-order valence-corrected chi connectivity index (χ2v) is 6.34. The number of hydrogen-bond acceptors (Lipinski definition) is 5. The van der Waals surface area contributed by atoms with Crippen molar-refractivity contribution >= 4 is 23.3 Å². The van der Waals surface area contributed by atoms with Crippen LogP contribution in [0.25, 0.3) is 0 Å². The van der Waals surface area contributed by atoms with Crippen molar-refractivity contribution < 1.29 is 4.39 Å². The number of aromatic nitrogens is 2. The van der Waals surface area contributed by atoms with Crippen LogP contribution in [0.3, 0.4) is 0 Å². The van der Waals surface area contributed by atoms with Crippen molar-refractivity contribution in [1.29, 1.82) is 0 Å². The van der Waals surface area contributed by atoms with E-state index in [9.17, 15) is 4.39 Å². The first-order valence-corrected chi connectivity index (χ1v) is 7.70. The number of aryl methyl sites for hydroxylation is 1. The van der Waals surface area contributed by atoms with Gasteiger partial charge in [-0.2, -0.15) is 4.37 Å². The molecule has 102 valence electrons. The molecular weight excluding hydrogens is 281 g/mol. The summed E-state index contributed by atoms with van der Waals surface area (Å²) in [5, 5.41) is 0. The summed E-state index contributed by atoms with van der Waals surface area (Å²) in [6.07, 6.45) is 1.37. The molecule has 1 heterocycles. The first-order valence-electron chi connectivity index (χ1n) is 6.11. The molecule has 2 aromatic rings. The van der Waals surface area contributed by atoms with Gasteiger partial charge in [0, 0.05) is 16.5 Å². The molecule has 19 heavy (non-hydrogen) atoms. The molecule has 2 N–H and O–H groups in total. The van der Waals surface area contributed by atoms with Gasteiger partial charge in [-0.25, -0.2) is 9.37 Å². The fourth-order valence-corrected chi connectivity index (χ4v) is 3.42. The molecule has 0 aliphatic carbocycles. The highest BCUT2D eigenvalue weighted by Crippen LogP contribution is 2.33. The first kappa shape index (κ1) is 14.4. The zero-order valence-electron chi connectivity index (χ0n) is 10.9. The summed E-state index contributed by atoms with van der Waals surface area (Å²) in [6.45, 7) is 3.85. The molecule has 6 heteroatoms. The second-order valence-electron chi connectivity index (χ2n) is 4.30. The van der Waals surface area contributed by atoms with E-state index in [4.69, 9.17) is 5.73 Å². The lowest BCUT2D eigenvalue weighted by atomic mass is 10.0. The van der Waals surface area contributed by atoms with Crippen LogP contribution in [-0.4, -0.2) is 15.4 Å². The Balaban J connectivity index is 2.26. The summed E-state index contributed by atoms with van der Waals surface area (Å²) in [7, 11) is 0. The van der Waals surface area contributed by atoms with E-state index in [0.29, 0.717) is 12.0 Å². The fraction of sp³-hybridized carbons (Fsp3) is 0.385. The minimum atomic E-state index is -0.199. The summed E-state index contributed by atoms with van der Waals surface area (Å²) in [5.74, 6) is 0.547. The van der Waals surface area contributed by atoms with Gasteiger partial charge in [-0.3, -0.25) is 0 Å². The van der Waals surface area contributed by atoms with Gasteiger partial charge in [-0.1, -0.05) is 24.8 Å². The average molecular weight is 297 g/mol. The Bertz CT molecular complexity index is 557. The number of rotatable bonds is 5. The maximum Gasteiger partial charge on any atom is 0.174 e. The lowest BCUT2D eigenvalue weighted by Gasteiger charge is -2.13. The van der Waals surface area contributed by atoms with E-state index in [1.165, 1.54) is 29.4 Å². The molecule has 0 spiro atoms. The van der Waals surface area contributed by atoms with E-state index in [-0.39, 0.29) is 11.9 Å². The third-order valence-corrected chi connectivity index (χ3v) is 4.72. The SMILES string of the molecule is CCC(N)Cc1c(F)cccc1Sc1nc(C)ns1. The van der Waals surface area contributed by atoms with Crippen molar-refractivity contribution in [2.45, 2.75) is 42.0 Å². The van der Waals surface area contributed by atoms with Gasteiger partial charge in [0.05, 0.1) is 0 Å². The molecule has 0 fully saturated rings. The summed E-state index contributed by atoms with van der Waals surface area (Å²) in [5.41, 5.74) is 6.61. The summed E-state index contributed by atoms with van der Waals surface area (Å²) in [4.78, 5) is 5.17.